The topological polar surface area (TPSA) is 13.1 Å². The van der Waals surface area contributed by atoms with E-state index in [9.17, 15) is 0 Å². The summed E-state index contributed by atoms with van der Waals surface area (Å²) in [6, 6.07) is 2.97. The molecule has 0 aliphatic rings. The lowest BCUT2D eigenvalue weighted by atomic mass is 10.2. The van der Waals surface area contributed by atoms with Crippen molar-refractivity contribution < 1.29 is 4.42 Å². The third kappa shape index (κ3) is 1.12. The third-order valence-corrected chi connectivity index (χ3v) is 1.04. The van der Waals surface area contributed by atoms with Gasteiger partial charge in [0.2, 0.25) is 0 Å². The minimum Gasteiger partial charge on any atom is -0.472 e. The highest BCUT2D eigenvalue weighted by Crippen LogP contribution is 2.00. The maximum absolute atomic E-state index is 4.81. The third-order valence-electron chi connectivity index (χ3n) is 1.04. The number of furan rings is 1. The van der Waals surface area contributed by atoms with Crippen LogP contribution in [0.25, 0.3) is 0 Å². The van der Waals surface area contributed by atoms with Gasteiger partial charge < -0.3 is 4.42 Å². The fourth-order valence-electron chi connectivity index (χ4n) is 0.660. The van der Waals surface area contributed by atoms with E-state index in [1.807, 2.05) is 0 Å². The zero-order chi connectivity index (χ0) is 5.82. The van der Waals surface area contributed by atoms with Gasteiger partial charge in [0.25, 0.3) is 0 Å². The summed E-state index contributed by atoms with van der Waals surface area (Å²) in [6.45, 7) is 2.14. The standard InChI is InChI=1S/C7H9O/c1-2-3-7-4-5-8-6-7/h5-6H,2-3H2,1H3. The number of aryl methyl sites for hydroxylation is 1. The average Bonchev–Trinajstić information content (AvgIpc) is 2.19. The monoisotopic (exact) mass is 109 g/mol. The Labute approximate surface area is 49.3 Å². The molecule has 0 saturated heterocycles. The first-order valence-electron chi connectivity index (χ1n) is 2.86. The fourth-order valence-corrected chi connectivity index (χ4v) is 0.660. The molecule has 1 rings (SSSR count). The van der Waals surface area contributed by atoms with Gasteiger partial charge in [-0.05, 0) is 12.0 Å². The Bertz CT molecular complexity index is 130. The van der Waals surface area contributed by atoms with Gasteiger partial charge in [-0.1, -0.05) is 13.3 Å². The molecule has 0 aliphatic heterocycles. The van der Waals surface area contributed by atoms with Crippen molar-refractivity contribution >= 4 is 0 Å². The first-order valence-corrected chi connectivity index (χ1v) is 2.86. The van der Waals surface area contributed by atoms with Gasteiger partial charge in [0.1, 0.15) is 0 Å². The van der Waals surface area contributed by atoms with Crippen LogP contribution in [0, 0.1) is 6.07 Å². The van der Waals surface area contributed by atoms with E-state index in [0.29, 0.717) is 0 Å². The number of hydrogen-bond acceptors (Lipinski definition) is 1. The summed E-state index contributed by atoms with van der Waals surface area (Å²) in [5, 5.41) is 0. The molecule has 0 bridgehead atoms. The van der Waals surface area contributed by atoms with E-state index < -0.39 is 0 Å². The molecule has 0 spiro atoms. The SMILES string of the molecule is CCCc1[c]coc1. The average molecular weight is 109 g/mol. The minimum absolute atomic E-state index is 1.08. The molecule has 0 unspecified atom stereocenters. The molecule has 0 aliphatic carbocycles. The Morgan fingerprint density at radius 1 is 1.75 bits per heavy atom. The Balaban J connectivity index is 2.50. The molecule has 1 aromatic heterocycles. The summed E-state index contributed by atoms with van der Waals surface area (Å²) in [6.07, 6.45) is 5.57. The van der Waals surface area contributed by atoms with E-state index in [-0.39, 0.29) is 0 Å². The van der Waals surface area contributed by atoms with Crippen LogP contribution >= 0.6 is 0 Å². The van der Waals surface area contributed by atoms with Crippen LogP contribution in [0.15, 0.2) is 16.9 Å². The molecule has 0 N–H and O–H groups in total. The first-order chi connectivity index (χ1) is 3.93. The predicted molar refractivity (Wildman–Crippen MR) is 31.5 cm³/mol. The quantitative estimate of drug-likeness (QED) is 0.566. The van der Waals surface area contributed by atoms with E-state index >= 15 is 0 Å². The largest absolute Gasteiger partial charge is 0.472 e. The molecular weight excluding hydrogens is 100 g/mol. The second-order valence-corrected chi connectivity index (χ2v) is 1.79. The maximum Gasteiger partial charge on any atom is 0.0985 e. The van der Waals surface area contributed by atoms with Gasteiger partial charge in [0, 0.05) is 6.07 Å². The first kappa shape index (κ1) is 5.42. The van der Waals surface area contributed by atoms with Crippen LogP contribution < -0.4 is 0 Å². The van der Waals surface area contributed by atoms with Crippen molar-refractivity contribution in [2.75, 3.05) is 0 Å². The van der Waals surface area contributed by atoms with Crippen molar-refractivity contribution in [3.8, 4) is 0 Å². The van der Waals surface area contributed by atoms with Gasteiger partial charge in [0.05, 0.1) is 12.5 Å². The van der Waals surface area contributed by atoms with Gasteiger partial charge in [-0.15, -0.1) is 0 Å². The summed E-state index contributed by atoms with van der Waals surface area (Å²) in [4.78, 5) is 0. The van der Waals surface area contributed by atoms with Gasteiger partial charge in [-0.2, -0.15) is 0 Å². The van der Waals surface area contributed by atoms with E-state index in [1.54, 1.807) is 12.5 Å². The van der Waals surface area contributed by atoms with Gasteiger partial charge in [-0.25, -0.2) is 0 Å². The molecule has 0 amide bonds. The summed E-state index contributed by atoms with van der Waals surface area (Å²) in [5.74, 6) is 0. The van der Waals surface area contributed by atoms with Crippen molar-refractivity contribution in [1.82, 2.24) is 0 Å². The van der Waals surface area contributed by atoms with Crippen LogP contribution in [0.5, 0.6) is 0 Å². The lowest BCUT2D eigenvalue weighted by Crippen LogP contribution is -1.74. The number of rotatable bonds is 2. The summed E-state index contributed by atoms with van der Waals surface area (Å²) >= 11 is 0. The Morgan fingerprint density at radius 3 is 3.12 bits per heavy atom. The molecule has 1 heteroatoms. The van der Waals surface area contributed by atoms with E-state index in [4.69, 9.17) is 4.42 Å². The van der Waals surface area contributed by atoms with Crippen LogP contribution in [0.4, 0.5) is 0 Å². The molecule has 1 nitrogen and oxygen atoms in total. The Hall–Kier alpha value is -0.720. The van der Waals surface area contributed by atoms with Gasteiger partial charge in [0.15, 0.2) is 0 Å². The molecule has 0 aromatic carbocycles. The van der Waals surface area contributed by atoms with E-state index in [2.05, 4.69) is 13.0 Å². The smallest absolute Gasteiger partial charge is 0.0985 e. The lowest BCUT2D eigenvalue weighted by molar-refractivity contribution is 0.563. The molecular formula is C7H9O. The highest BCUT2D eigenvalue weighted by molar-refractivity contribution is 5.02. The summed E-state index contributed by atoms with van der Waals surface area (Å²) in [5.41, 5.74) is 1.17. The van der Waals surface area contributed by atoms with Gasteiger partial charge in [-0.3, -0.25) is 0 Å². The normalized spacial score (nSPS) is 9.62. The van der Waals surface area contributed by atoms with E-state index in [0.717, 1.165) is 12.8 Å². The molecule has 8 heavy (non-hydrogen) atoms. The van der Waals surface area contributed by atoms with Crippen molar-refractivity contribution in [2.24, 2.45) is 0 Å². The molecule has 0 fully saturated rings. The van der Waals surface area contributed by atoms with Crippen LogP contribution in [-0.2, 0) is 6.42 Å². The van der Waals surface area contributed by atoms with Crippen LogP contribution in [0.3, 0.4) is 0 Å². The Kier molecular flexibility index (Phi) is 1.73. The highest BCUT2D eigenvalue weighted by atomic mass is 16.3. The minimum atomic E-state index is 1.08. The van der Waals surface area contributed by atoms with Crippen LogP contribution in [-0.4, -0.2) is 0 Å². The number of hydrogen-bond donors (Lipinski definition) is 0. The molecule has 0 saturated carbocycles. The zero-order valence-electron chi connectivity index (χ0n) is 4.98. The highest BCUT2D eigenvalue weighted by Gasteiger charge is 1.88. The molecule has 0 atom stereocenters. The van der Waals surface area contributed by atoms with Crippen LogP contribution in [0.1, 0.15) is 18.9 Å². The van der Waals surface area contributed by atoms with Crippen molar-refractivity contribution in [3.63, 3.8) is 0 Å². The summed E-state index contributed by atoms with van der Waals surface area (Å²) < 4.78 is 4.81. The van der Waals surface area contributed by atoms with Crippen LogP contribution in [0.2, 0.25) is 0 Å². The van der Waals surface area contributed by atoms with E-state index in [1.165, 1.54) is 5.56 Å². The zero-order valence-corrected chi connectivity index (χ0v) is 4.98. The molecule has 1 aromatic rings. The molecule has 1 radical (unpaired) electrons. The maximum atomic E-state index is 4.81. The molecule has 1 heterocycles. The lowest BCUT2D eigenvalue weighted by Gasteiger charge is -1.84. The second kappa shape index (κ2) is 2.55. The molecule has 43 valence electrons. The second-order valence-electron chi connectivity index (χ2n) is 1.79. The summed E-state index contributed by atoms with van der Waals surface area (Å²) in [7, 11) is 0. The van der Waals surface area contributed by atoms with Gasteiger partial charge >= 0.3 is 0 Å². The van der Waals surface area contributed by atoms with Crippen molar-refractivity contribution in [1.29, 1.82) is 0 Å². The fraction of sp³-hybridized carbons (Fsp3) is 0.429. The van der Waals surface area contributed by atoms with Crippen molar-refractivity contribution in [3.05, 3.63) is 24.2 Å². The predicted octanol–water partition coefficient (Wildman–Crippen LogP) is 2.03. The van der Waals surface area contributed by atoms with Crippen molar-refractivity contribution in [2.45, 2.75) is 19.8 Å². The Morgan fingerprint density at radius 2 is 2.62 bits per heavy atom.